The van der Waals surface area contributed by atoms with Gasteiger partial charge in [-0.2, -0.15) is 0 Å². The largest absolute Gasteiger partial charge is 0.491 e. The number of halogens is 2. The van der Waals surface area contributed by atoms with E-state index in [-0.39, 0.29) is 18.6 Å². The summed E-state index contributed by atoms with van der Waals surface area (Å²) in [6, 6.07) is 11.3. The van der Waals surface area contributed by atoms with Gasteiger partial charge in [-0.3, -0.25) is 0 Å². The first-order valence-corrected chi connectivity index (χ1v) is 7.40. The first kappa shape index (κ1) is 16.4. The van der Waals surface area contributed by atoms with Gasteiger partial charge in [-0.1, -0.05) is 18.2 Å². The molecule has 0 aliphatic rings. The average molecular weight is 305 g/mol. The van der Waals surface area contributed by atoms with Gasteiger partial charge in [0.05, 0.1) is 6.10 Å². The summed E-state index contributed by atoms with van der Waals surface area (Å²) in [7, 11) is 0. The second-order valence-electron chi connectivity index (χ2n) is 5.62. The molecule has 22 heavy (non-hydrogen) atoms. The number of rotatable bonds is 6. The van der Waals surface area contributed by atoms with E-state index in [1.807, 2.05) is 38.1 Å². The Morgan fingerprint density at radius 3 is 2.50 bits per heavy atom. The van der Waals surface area contributed by atoms with Crippen LogP contribution in [0.25, 0.3) is 0 Å². The molecule has 2 aromatic rings. The van der Waals surface area contributed by atoms with Gasteiger partial charge in [0.1, 0.15) is 17.4 Å². The van der Waals surface area contributed by atoms with Crippen LogP contribution >= 0.6 is 0 Å². The second-order valence-corrected chi connectivity index (χ2v) is 5.62. The van der Waals surface area contributed by atoms with Crippen molar-refractivity contribution in [2.45, 2.75) is 32.3 Å². The predicted octanol–water partition coefficient (Wildman–Crippen LogP) is 4.04. The van der Waals surface area contributed by atoms with Crippen LogP contribution in [0, 0.1) is 11.6 Å². The van der Waals surface area contributed by atoms with Crippen molar-refractivity contribution in [1.29, 1.82) is 0 Å². The van der Waals surface area contributed by atoms with Gasteiger partial charge in [-0.05, 0) is 56.1 Å². The lowest BCUT2D eigenvalue weighted by atomic mass is 9.91. The van der Waals surface area contributed by atoms with Crippen LogP contribution in [0.2, 0.25) is 0 Å². The van der Waals surface area contributed by atoms with Gasteiger partial charge in [-0.15, -0.1) is 0 Å². The maximum absolute atomic E-state index is 13.9. The molecular formula is C18H21F2NO. The molecule has 0 aromatic heterocycles. The zero-order chi connectivity index (χ0) is 16.1. The van der Waals surface area contributed by atoms with Crippen LogP contribution < -0.4 is 10.5 Å². The minimum atomic E-state index is -0.579. The van der Waals surface area contributed by atoms with Gasteiger partial charge in [-0.25, -0.2) is 8.78 Å². The minimum Gasteiger partial charge on any atom is -0.491 e. The number of hydrogen-bond acceptors (Lipinski definition) is 2. The zero-order valence-electron chi connectivity index (χ0n) is 12.9. The van der Waals surface area contributed by atoms with E-state index in [2.05, 4.69) is 0 Å². The third-order valence-electron chi connectivity index (χ3n) is 3.44. The Morgan fingerprint density at radius 2 is 1.86 bits per heavy atom. The van der Waals surface area contributed by atoms with Gasteiger partial charge < -0.3 is 10.5 Å². The summed E-state index contributed by atoms with van der Waals surface area (Å²) in [6.07, 6.45) is 0.670. The van der Waals surface area contributed by atoms with E-state index in [1.165, 1.54) is 12.1 Å². The molecule has 0 heterocycles. The highest BCUT2D eigenvalue weighted by Gasteiger charge is 2.16. The van der Waals surface area contributed by atoms with E-state index in [1.54, 1.807) is 0 Å². The third kappa shape index (κ3) is 4.28. The maximum atomic E-state index is 13.9. The Labute approximate surface area is 129 Å². The lowest BCUT2D eigenvalue weighted by Gasteiger charge is -2.17. The molecule has 2 N–H and O–H groups in total. The topological polar surface area (TPSA) is 35.2 Å². The van der Waals surface area contributed by atoms with Crippen molar-refractivity contribution < 1.29 is 13.5 Å². The maximum Gasteiger partial charge on any atom is 0.129 e. The van der Waals surface area contributed by atoms with Crippen LogP contribution in [0.15, 0.2) is 42.5 Å². The first-order chi connectivity index (χ1) is 10.5. The molecule has 2 nitrogen and oxygen atoms in total. The molecule has 0 saturated carbocycles. The van der Waals surface area contributed by atoms with Gasteiger partial charge >= 0.3 is 0 Å². The quantitative estimate of drug-likeness (QED) is 0.874. The van der Waals surface area contributed by atoms with E-state index < -0.39 is 11.6 Å². The highest BCUT2D eigenvalue weighted by atomic mass is 19.1. The molecule has 1 atom stereocenters. The summed E-state index contributed by atoms with van der Waals surface area (Å²) in [5.41, 5.74) is 7.24. The fourth-order valence-corrected chi connectivity index (χ4v) is 2.46. The molecule has 4 heteroatoms. The van der Waals surface area contributed by atoms with E-state index in [0.29, 0.717) is 12.0 Å². The monoisotopic (exact) mass is 305 g/mol. The van der Waals surface area contributed by atoms with Crippen molar-refractivity contribution in [3.05, 3.63) is 65.2 Å². The summed E-state index contributed by atoms with van der Waals surface area (Å²) >= 11 is 0. The van der Waals surface area contributed by atoms with Crippen LogP contribution in [0.4, 0.5) is 8.78 Å². The number of ether oxygens (including phenoxy) is 1. The summed E-state index contributed by atoms with van der Waals surface area (Å²) in [6.45, 7) is 4.21. The molecule has 0 aliphatic heterocycles. The Kier molecular flexibility index (Phi) is 5.50. The highest BCUT2D eigenvalue weighted by molar-refractivity contribution is 5.32. The Balaban J connectivity index is 2.19. The summed E-state index contributed by atoms with van der Waals surface area (Å²) < 4.78 is 32.6. The van der Waals surface area contributed by atoms with Crippen LogP contribution in [0.1, 0.15) is 30.9 Å². The average Bonchev–Trinajstić information content (AvgIpc) is 2.45. The van der Waals surface area contributed by atoms with Crippen molar-refractivity contribution in [3.63, 3.8) is 0 Å². The standard InChI is InChI=1S/C18H21F2NO/c1-12(2)22-16-5-3-4-13(9-16)8-14(11-21)17-7-6-15(19)10-18(17)20/h3-7,9-10,12,14H,8,11,21H2,1-2H3. The van der Waals surface area contributed by atoms with E-state index in [0.717, 1.165) is 17.4 Å². The zero-order valence-corrected chi connectivity index (χ0v) is 12.9. The predicted molar refractivity (Wildman–Crippen MR) is 84.1 cm³/mol. The number of nitrogens with two attached hydrogens (primary N) is 1. The normalized spacial score (nSPS) is 12.5. The van der Waals surface area contributed by atoms with Crippen LogP contribution in [-0.4, -0.2) is 12.6 Å². The van der Waals surface area contributed by atoms with Crippen molar-refractivity contribution >= 4 is 0 Å². The lowest BCUT2D eigenvalue weighted by molar-refractivity contribution is 0.242. The molecule has 0 aliphatic carbocycles. The van der Waals surface area contributed by atoms with Crippen LogP contribution in [0.5, 0.6) is 5.75 Å². The van der Waals surface area contributed by atoms with Crippen molar-refractivity contribution in [2.24, 2.45) is 5.73 Å². The molecule has 0 fully saturated rings. The fraction of sp³-hybridized carbons (Fsp3) is 0.333. The van der Waals surface area contributed by atoms with Gasteiger partial charge in [0.25, 0.3) is 0 Å². The number of benzene rings is 2. The van der Waals surface area contributed by atoms with Crippen molar-refractivity contribution in [1.82, 2.24) is 0 Å². The third-order valence-corrected chi connectivity index (χ3v) is 3.44. The smallest absolute Gasteiger partial charge is 0.129 e. The van der Waals surface area contributed by atoms with Crippen LogP contribution in [-0.2, 0) is 6.42 Å². The molecular weight excluding hydrogens is 284 g/mol. The minimum absolute atomic E-state index is 0.0927. The van der Waals surface area contributed by atoms with Gasteiger partial charge in [0.15, 0.2) is 0 Å². The fourth-order valence-electron chi connectivity index (χ4n) is 2.46. The summed E-state index contributed by atoms with van der Waals surface area (Å²) in [5, 5.41) is 0. The molecule has 2 aromatic carbocycles. The van der Waals surface area contributed by atoms with Gasteiger partial charge in [0.2, 0.25) is 0 Å². The SMILES string of the molecule is CC(C)Oc1cccc(CC(CN)c2ccc(F)cc2F)c1. The summed E-state index contributed by atoms with van der Waals surface area (Å²) in [5.74, 6) is -0.549. The molecule has 2 rings (SSSR count). The van der Waals surface area contributed by atoms with E-state index >= 15 is 0 Å². The highest BCUT2D eigenvalue weighted by Crippen LogP contribution is 2.25. The Hall–Kier alpha value is -1.94. The second kappa shape index (κ2) is 7.36. The molecule has 0 bridgehead atoms. The first-order valence-electron chi connectivity index (χ1n) is 7.40. The van der Waals surface area contributed by atoms with Crippen molar-refractivity contribution in [3.8, 4) is 5.75 Å². The van der Waals surface area contributed by atoms with Crippen molar-refractivity contribution in [2.75, 3.05) is 6.54 Å². The molecule has 0 amide bonds. The molecule has 0 spiro atoms. The molecule has 118 valence electrons. The van der Waals surface area contributed by atoms with Crippen LogP contribution in [0.3, 0.4) is 0 Å². The Morgan fingerprint density at radius 1 is 1.09 bits per heavy atom. The lowest BCUT2D eigenvalue weighted by Crippen LogP contribution is -2.16. The molecule has 0 saturated heterocycles. The number of hydrogen-bond donors (Lipinski definition) is 1. The Bertz CT molecular complexity index is 628. The summed E-state index contributed by atoms with van der Waals surface area (Å²) in [4.78, 5) is 0. The molecule has 1 unspecified atom stereocenters. The van der Waals surface area contributed by atoms with E-state index in [9.17, 15) is 8.78 Å². The molecule has 0 radical (unpaired) electrons. The van der Waals surface area contributed by atoms with Gasteiger partial charge in [0, 0.05) is 12.0 Å². The van der Waals surface area contributed by atoms with E-state index in [4.69, 9.17) is 10.5 Å².